The van der Waals surface area contributed by atoms with Crippen LogP contribution in [0, 0.1) is 32.4 Å². The summed E-state index contributed by atoms with van der Waals surface area (Å²) < 4.78 is 35.5. The van der Waals surface area contributed by atoms with Crippen molar-refractivity contribution < 1.29 is 18.1 Å². The maximum Gasteiger partial charge on any atom is 0.275 e. The van der Waals surface area contributed by atoms with Crippen molar-refractivity contribution in [2.75, 3.05) is 0 Å². The number of aromatic nitrogens is 6. The Labute approximate surface area is 213 Å². The Hall–Kier alpha value is -4.93. The lowest BCUT2D eigenvalue weighted by Gasteiger charge is -2.06. The molecule has 38 heavy (non-hydrogen) atoms. The molecule has 1 aromatic carbocycles. The van der Waals surface area contributed by atoms with Gasteiger partial charge in [0.25, 0.3) is 5.56 Å². The highest BCUT2D eigenvalue weighted by Gasteiger charge is 2.23. The molecular weight excluding hydrogens is 494 g/mol. The zero-order chi connectivity index (χ0) is 26.7. The zero-order valence-electron chi connectivity index (χ0n) is 20.5. The Morgan fingerprint density at radius 3 is 2.61 bits per heavy atom. The van der Waals surface area contributed by atoms with Crippen molar-refractivity contribution in [2.24, 2.45) is 0 Å². The molecule has 190 valence electrons. The maximum atomic E-state index is 14.4. The van der Waals surface area contributed by atoms with Crippen molar-refractivity contribution in [3.05, 3.63) is 98.8 Å². The van der Waals surface area contributed by atoms with Gasteiger partial charge in [0.1, 0.15) is 28.7 Å². The van der Waals surface area contributed by atoms with Gasteiger partial charge in [0.15, 0.2) is 5.65 Å². The highest BCUT2D eigenvalue weighted by molar-refractivity contribution is 6.16. The van der Waals surface area contributed by atoms with E-state index in [9.17, 15) is 18.4 Å². The van der Waals surface area contributed by atoms with Gasteiger partial charge in [-0.1, -0.05) is 5.16 Å². The van der Waals surface area contributed by atoms with Crippen LogP contribution in [0.5, 0.6) is 0 Å². The lowest BCUT2D eigenvalue weighted by molar-refractivity contribution is 0.103. The number of benzene rings is 1. The van der Waals surface area contributed by atoms with Crippen molar-refractivity contribution in [3.8, 4) is 11.1 Å². The molecule has 0 atom stereocenters. The highest BCUT2D eigenvalue weighted by Crippen LogP contribution is 2.28. The summed E-state index contributed by atoms with van der Waals surface area (Å²) in [4.78, 5) is 41.0. The molecule has 0 fully saturated rings. The van der Waals surface area contributed by atoms with Crippen LogP contribution in [-0.4, -0.2) is 35.4 Å². The molecule has 6 rings (SSSR count). The first kappa shape index (κ1) is 23.5. The van der Waals surface area contributed by atoms with Crippen LogP contribution >= 0.6 is 0 Å². The summed E-state index contributed by atoms with van der Waals surface area (Å²) in [5, 5.41) is 4.25. The number of halogens is 2. The molecule has 0 saturated carbocycles. The first-order valence-corrected chi connectivity index (χ1v) is 11.7. The molecule has 2 N–H and O–H groups in total. The number of ketones is 1. The van der Waals surface area contributed by atoms with Gasteiger partial charge in [0, 0.05) is 40.7 Å². The summed E-state index contributed by atoms with van der Waals surface area (Å²) in [6.45, 7) is 5.32. The van der Waals surface area contributed by atoms with Crippen molar-refractivity contribution in [3.63, 3.8) is 0 Å². The lowest BCUT2D eigenvalue weighted by atomic mass is 10.0. The maximum absolute atomic E-state index is 14.4. The summed E-state index contributed by atoms with van der Waals surface area (Å²) in [7, 11) is 0. The fourth-order valence-electron chi connectivity index (χ4n) is 4.74. The second-order valence-corrected chi connectivity index (χ2v) is 9.15. The number of aromatic amines is 2. The monoisotopic (exact) mass is 514 g/mol. The second-order valence-electron chi connectivity index (χ2n) is 9.15. The Morgan fingerprint density at radius 2 is 1.89 bits per heavy atom. The molecule has 5 aromatic heterocycles. The summed E-state index contributed by atoms with van der Waals surface area (Å²) >= 11 is 0. The molecule has 0 unspecified atom stereocenters. The van der Waals surface area contributed by atoms with Gasteiger partial charge in [-0.15, -0.1) is 0 Å². The van der Waals surface area contributed by atoms with E-state index >= 15 is 0 Å². The van der Waals surface area contributed by atoms with Crippen molar-refractivity contribution in [2.45, 2.75) is 27.3 Å². The van der Waals surface area contributed by atoms with Crippen LogP contribution in [0.3, 0.4) is 0 Å². The van der Waals surface area contributed by atoms with E-state index in [4.69, 9.17) is 4.52 Å². The van der Waals surface area contributed by atoms with Crippen molar-refractivity contribution >= 4 is 27.9 Å². The fraction of sp³-hybridized carbons (Fsp3) is 0.148. The summed E-state index contributed by atoms with van der Waals surface area (Å²) in [5.74, 6) is -1.57. The minimum atomic E-state index is -0.953. The van der Waals surface area contributed by atoms with Gasteiger partial charge in [-0.3, -0.25) is 9.59 Å². The predicted octanol–water partition coefficient (Wildman–Crippen LogP) is 4.74. The van der Waals surface area contributed by atoms with Crippen molar-refractivity contribution in [1.82, 2.24) is 29.7 Å². The summed E-state index contributed by atoms with van der Waals surface area (Å²) in [6, 6.07) is 5.64. The number of rotatable bonds is 5. The summed E-state index contributed by atoms with van der Waals surface area (Å²) in [5.41, 5.74) is 3.03. The smallest absolute Gasteiger partial charge is 0.275 e. The minimum absolute atomic E-state index is 0.00527. The third kappa shape index (κ3) is 3.71. The number of fused-ring (bicyclic) bond motifs is 2. The Kier molecular flexibility index (Phi) is 5.30. The average molecular weight is 514 g/mol. The van der Waals surface area contributed by atoms with E-state index in [0.717, 1.165) is 29.0 Å². The fourth-order valence-corrected chi connectivity index (χ4v) is 4.74. The van der Waals surface area contributed by atoms with Crippen LogP contribution in [0.25, 0.3) is 33.2 Å². The number of nitrogens with zero attached hydrogens (tertiary/aromatic N) is 4. The Morgan fingerprint density at radius 1 is 1.13 bits per heavy atom. The topological polar surface area (TPSA) is 122 Å². The zero-order valence-corrected chi connectivity index (χ0v) is 20.5. The van der Waals surface area contributed by atoms with Crippen LogP contribution < -0.4 is 5.56 Å². The number of pyridine rings is 2. The van der Waals surface area contributed by atoms with E-state index in [1.54, 1.807) is 12.3 Å². The number of carbonyl (C=O) groups excluding carboxylic acids is 1. The second kappa shape index (κ2) is 8.58. The summed E-state index contributed by atoms with van der Waals surface area (Å²) in [6.07, 6.45) is 4.49. The largest absolute Gasteiger partial charge is 0.361 e. The van der Waals surface area contributed by atoms with E-state index in [0.29, 0.717) is 28.3 Å². The molecule has 6 aromatic rings. The van der Waals surface area contributed by atoms with Gasteiger partial charge in [-0.25, -0.2) is 18.7 Å². The first-order chi connectivity index (χ1) is 18.2. The number of hydrogen-bond donors (Lipinski definition) is 2. The molecule has 5 heterocycles. The van der Waals surface area contributed by atoms with Crippen LogP contribution in [0.4, 0.5) is 8.78 Å². The van der Waals surface area contributed by atoms with Gasteiger partial charge in [0.05, 0.1) is 23.3 Å². The van der Waals surface area contributed by atoms with E-state index in [1.807, 2.05) is 19.9 Å². The van der Waals surface area contributed by atoms with E-state index in [-0.39, 0.29) is 23.0 Å². The van der Waals surface area contributed by atoms with Gasteiger partial charge >= 0.3 is 0 Å². The van der Waals surface area contributed by atoms with Crippen LogP contribution in [0.1, 0.15) is 38.8 Å². The van der Waals surface area contributed by atoms with E-state index in [2.05, 4.69) is 25.1 Å². The molecule has 0 amide bonds. The Bertz CT molecular complexity index is 1920. The quantitative estimate of drug-likeness (QED) is 0.321. The third-order valence-corrected chi connectivity index (χ3v) is 6.50. The molecule has 0 aliphatic carbocycles. The van der Waals surface area contributed by atoms with Crippen LogP contribution in [-0.2, 0) is 6.54 Å². The van der Waals surface area contributed by atoms with Crippen LogP contribution in [0.2, 0.25) is 0 Å². The Balaban J connectivity index is 1.33. The number of hydrogen-bond acceptors (Lipinski definition) is 6. The number of nitrogens with one attached hydrogen (secondary N) is 2. The normalized spacial score (nSPS) is 11.6. The molecule has 0 aliphatic heterocycles. The molecule has 0 spiro atoms. The third-order valence-electron chi connectivity index (χ3n) is 6.50. The molecule has 0 bridgehead atoms. The number of imidazole rings is 1. The van der Waals surface area contributed by atoms with E-state index < -0.39 is 28.5 Å². The molecule has 0 saturated heterocycles. The van der Waals surface area contributed by atoms with Gasteiger partial charge < -0.3 is 19.1 Å². The van der Waals surface area contributed by atoms with Crippen molar-refractivity contribution in [1.29, 1.82) is 0 Å². The molecular formula is C27H20F2N6O3. The van der Waals surface area contributed by atoms with E-state index in [1.165, 1.54) is 23.9 Å². The lowest BCUT2D eigenvalue weighted by Crippen LogP contribution is -2.20. The molecule has 11 heteroatoms. The highest BCUT2D eigenvalue weighted by atomic mass is 19.1. The average Bonchev–Trinajstić information content (AvgIpc) is 3.56. The predicted molar refractivity (Wildman–Crippen MR) is 135 cm³/mol. The minimum Gasteiger partial charge on any atom is -0.361 e. The van der Waals surface area contributed by atoms with Gasteiger partial charge in [0.2, 0.25) is 5.78 Å². The number of H-pyrrole nitrogens is 2. The number of aryl methyl sites for hydroxylation is 3. The first-order valence-electron chi connectivity index (χ1n) is 11.7. The van der Waals surface area contributed by atoms with Crippen LogP contribution in [0.15, 0.2) is 52.2 Å². The molecule has 9 nitrogen and oxygen atoms in total. The number of carbonyl (C=O) groups is 1. The molecule has 0 aliphatic rings. The SMILES string of the molecule is Cc1cc(F)c(C(=O)c2c[nH]c3c(=O)n(Cc4nc5ncc(-c6c(C)noc6C)cc5[nH]4)ccc23)c(F)c1. The van der Waals surface area contributed by atoms with Gasteiger partial charge in [-0.2, -0.15) is 0 Å². The molecule has 0 radical (unpaired) electrons. The standard InChI is InChI=1S/C27H20F2N6O3/c1-12-6-18(28)23(19(29)7-12)25(36)17-10-30-24-16(17)4-5-35(27(24)37)11-21-32-20-8-15(9-31-26(20)33-21)22-13(2)34-38-14(22)3/h4-10,30H,11H2,1-3H3,(H,31,32,33). The van der Waals surface area contributed by atoms with Gasteiger partial charge in [-0.05, 0) is 50.6 Å².